The van der Waals surface area contributed by atoms with Crippen molar-refractivity contribution < 1.29 is 4.79 Å². The van der Waals surface area contributed by atoms with Crippen LogP contribution >= 0.6 is 31.9 Å². The summed E-state index contributed by atoms with van der Waals surface area (Å²) in [7, 11) is 0. The van der Waals surface area contributed by atoms with Crippen LogP contribution in [0, 0.1) is 13.8 Å². The van der Waals surface area contributed by atoms with Crippen LogP contribution in [0.25, 0.3) is 0 Å². The molecule has 2 nitrogen and oxygen atoms in total. The molecule has 0 aliphatic rings. The lowest BCUT2D eigenvalue weighted by molar-refractivity contribution is 0.0939. The molecule has 110 valence electrons. The van der Waals surface area contributed by atoms with Crippen molar-refractivity contribution in [3.63, 3.8) is 0 Å². The van der Waals surface area contributed by atoms with E-state index < -0.39 is 0 Å². The molecule has 0 bridgehead atoms. The molecule has 1 unspecified atom stereocenters. The summed E-state index contributed by atoms with van der Waals surface area (Å²) < 4.78 is 1.72. The quantitative estimate of drug-likeness (QED) is 0.728. The average Bonchev–Trinajstić information content (AvgIpc) is 2.37. The molecular weight excluding hydrogens is 394 g/mol. The number of benzene rings is 2. The van der Waals surface area contributed by atoms with Crippen LogP contribution in [0.3, 0.4) is 0 Å². The maximum Gasteiger partial charge on any atom is 0.252 e. The molecule has 21 heavy (non-hydrogen) atoms. The van der Waals surface area contributed by atoms with Crippen molar-refractivity contribution in [2.45, 2.75) is 26.8 Å². The van der Waals surface area contributed by atoms with Gasteiger partial charge in [0.05, 0.1) is 11.6 Å². The largest absolute Gasteiger partial charge is 0.345 e. The molecule has 2 rings (SSSR count). The highest BCUT2D eigenvalue weighted by atomic mass is 79.9. The monoisotopic (exact) mass is 409 g/mol. The van der Waals surface area contributed by atoms with Gasteiger partial charge < -0.3 is 5.32 Å². The molecule has 4 heteroatoms. The summed E-state index contributed by atoms with van der Waals surface area (Å²) in [6.45, 7) is 6.14. The topological polar surface area (TPSA) is 29.1 Å². The summed E-state index contributed by atoms with van der Waals surface area (Å²) in [4.78, 5) is 12.4. The first-order chi connectivity index (χ1) is 9.88. The molecule has 0 aliphatic carbocycles. The van der Waals surface area contributed by atoms with Gasteiger partial charge in [0.15, 0.2) is 0 Å². The second-order valence-electron chi connectivity index (χ2n) is 5.18. The lowest BCUT2D eigenvalue weighted by atomic mass is 10.00. The first-order valence-corrected chi connectivity index (χ1v) is 8.30. The molecule has 0 spiro atoms. The Bertz CT molecular complexity index is 682. The van der Waals surface area contributed by atoms with Crippen molar-refractivity contribution in [2.24, 2.45) is 0 Å². The van der Waals surface area contributed by atoms with Crippen LogP contribution in [0.2, 0.25) is 0 Å². The van der Waals surface area contributed by atoms with Gasteiger partial charge in [-0.2, -0.15) is 0 Å². The number of carbonyl (C=O) groups excluding carboxylic acids is 1. The van der Waals surface area contributed by atoms with Crippen molar-refractivity contribution in [3.8, 4) is 0 Å². The van der Waals surface area contributed by atoms with E-state index in [0.29, 0.717) is 5.56 Å². The maximum absolute atomic E-state index is 12.4. The Hall–Kier alpha value is -1.13. The maximum atomic E-state index is 12.4. The van der Waals surface area contributed by atoms with Gasteiger partial charge in [0, 0.05) is 8.95 Å². The van der Waals surface area contributed by atoms with Crippen LogP contribution in [-0.2, 0) is 0 Å². The first kappa shape index (κ1) is 16.2. The summed E-state index contributed by atoms with van der Waals surface area (Å²) in [6, 6.07) is 11.8. The zero-order chi connectivity index (χ0) is 15.6. The Kier molecular flexibility index (Phi) is 5.22. The number of rotatable bonds is 3. The molecule has 2 aromatic carbocycles. The van der Waals surface area contributed by atoms with Crippen molar-refractivity contribution in [2.75, 3.05) is 0 Å². The molecule has 0 radical (unpaired) electrons. The standard InChI is InChI=1S/C17H17Br2NO/c1-10-4-6-14(11(2)8-10)12(3)20-17(21)15-7-5-13(18)9-16(15)19/h4-9,12H,1-3H3,(H,20,21). The normalized spacial score (nSPS) is 12.0. The van der Waals surface area contributed by atoms with E-state index >= 15 is 0 Å². The fraction of sp³-hybridized carbons (Fsp3) is 0.235. The lowest BCUT2D eigenvalue weighted by Crippen LogP contribution is -2.27. The van der Waals surface area contributed by atoms with Gasteiger partial charge in [-0.05, 0) is 66.0 Å². The predicted molar refractivity (Wildman–Crippen MR) is 93.6 cm³/mol. The fourth-order valence-electron chi connectivity index (χ4n) is 2.34. The van der Waals surface area contributed by atoms with E-state index in [4.69, 9.17) is 0 Å². The first-order valence-electron chi connectivity index (χ1n) is 6.71. The summed E-state index contributed by atoms with van der Waals surface area (Å²) in [5, 5.41) is 3.05. The van der Waals surface area contributed by atoms with Gasteiger partial charge >= 0.3 is 0 Å². The summed E-state index contributed by atoms with van der Waals surface area (Å²) in [5.74, 6) is -0.0816. The van der Waals surface area contributed by atoms with E-state index in [1.54, 1.807) is 6.07 Å². The predicted octanol–water partition coefficient (Wildman–Crippen LogP) is 5.32. The Balaban J connectivity index is 2.18. The zero-order valence-electron chi connectivity index (χ0n) is 12.2. The highest BCUT2D eigenvalue weighted by molar-refractivity contribution is 9.11. The Labute approximate surface area is 142 Å². The Morgan fingerprint density at radius 1 is 1.10 bits per heavy atom. The van der Waals surface area contributed by atoms with Gasteiger partial charge in [-0.15, -0.1) is 0 Å². The summed E-state index contributed by atoms with van der Waals surface area (Å²) in [5.41, 5.74) is 4.19. The van der Waals surface area contributed by atoms with Gasteiger partial charge in [0.2, 0.25) is 0 Å². The molecular formula is C17H17Br2NO. The van der Waals surface area contributed by atoms with Gasteiger partial charge in [-0.25, -0.2) is 0 Å². The third-order valence-electron chi connectivity index (χ3n) is 3.42. The minimum absolute atomic E-state index is 0.0337. The van der Waals surface area contributed by atoms with Crippen LogP contribution in [0.5, 0.6) is 0 Å². The summed E-state index contributed by atoms with van der Waals surface area (Å²) in [6.07, 6.45) is 0. The van der Waals surface area contributed by atoms with Crippen LogP contribution in [-0.4, -0.2) is 5.91 Å². The molecule has 1 amide bonds. The molecule has 0 heterocycles. The second kappa shape index (κ2) is 6.75. The van der Waals surface area contributed by atoms with Crippen LogP contribution in [0.4, 0.5) is 0 Å². The molecule has 0 fully saturated rings. The van der Waals surface area contributed by atoms with Gasteiger partial charge in [-0.3, -0.25) is 4.79 Å². The van der Waals surface area contributed by atoms with Gasteiger partial charge in [0.25, 0.3) is 5.91 Å². The molecule has 0 aliphatic heterocycles. The minimum atomic E-state index is -0.0816. The number of nitrogens with one attached hydrogen (secondary N) is 1. The average molecular weight is 411 g/mol. The molecule has 1 N–H and O–H groups in total. The minimum Gasteiger partial charge on any atom is -0.345 e. The molecule has 0 aromatic heterocycles. The number of carbonyl (C=O) groups is 1. The number of hydrogen-bond acceptors (Lipinski definition) is 1. The molecule has 0 saturated heterocycles. The van der Waals surface area contributed by atoms with E-state index in [0.717, 1.165) is 14.5 Å². The Morgan fingerprint density at radius 3 is 2.43 bits per heavy atom. The SMILES string of the molecule is Cc1ccc(C(C)NC(=O)c2ccc(Br)cc2Br)c(C)c1. The van der Waals surface area contributed by atoms with Crippen LogP contribution < -0.4 is 5.32 Å². The zero-order valence-corrected chi connectivity index (χ0v) is 15.4. The third-order valence-corrected chi connectivity index (χ3v) is 4.56. The summed E-state index contributed by atoms with van der Waals surface area (Å²) >= 11 is 6.81. The van der Waals surface area contributed by atoms with Crippen molar-refractivity contribution in [3.05, 3.63) is 67.6 Å². The molecule has 2 aromatic rings. The lowest BCUT2D eigenvalue weighted by Gasteiger charge is -2.17. The number of amides is 1. The van der Waals surface area contributed by atoms with Crippen molar-refractivity contribution >= 4 is 37.8 Å². The smallest absolute Gasteiger partial charge is 0.252 e. The number of halogens is 2. The number of hydrogen-bond donors (Lipinski definition) is 1. The molecule has 1 atom stereocenters. The van der Waals surface area contributed by atoms with E-state index in [2.05, 4.69) is 69.2 Å². The highest BCUT2D eigenvalue weighted by Gasteiger charge is 2.15. The highest BCUT2D eigenvalue weighted by Crippen LogP contribution is 2.24. The Morgan fingerprint density at radius 2 is 1.81 bits per heavy atom. The second-order valence-corrected chi connectivity index (χ2v) is 6.95. The van der Waals surface area contributed by atoms with Crippen molar-refractivity contribution in [1.82, 2.24) is 5.32 Å². The van der Waals surface area contributed by atoms with E-state index in [1.807, 2.05) is 19.1 Å². The van der Waals surface area contributed by atoms with Gasteiger partial charge in [-0.1, -0.05) is 39.7 Å². The van der Waals surface area contributed by atoms with Gasteiger partial charge in [0.1, 0.15) is 0 Å². The molecule has 0 saturated carbocycles. The fourth-order valence-corrected chi connectivity index (χ4v) is 3.56. The van der Waals surface area contributed by atoms with Crippen LogP contribution in [0.1, 0.15) is 40.0 Å². The number of aryl methyl sites for hydroxylation is 2. The third kappa shape index (κ3) is 3.95. The van der Waals surface area contributed by atoms with Crippen molar-refractivity contribution in [1.29, 1.82) is 0 Å². The van der Waals surface area contributed by atoms with E-state index in [9.17, 15) is 4.79 Å². The van der Waals surface area contributed by atoms with Crippen LogP contribution in [0.15, 0.2) is 45.3 Å². The van der Waals surface area contributed by atoms with E-state index in [1.165, 1.54) is 11.1 Å². The van der Waals surface area contributed by atoms with E-state index in [-0.39, 0.29) is 11.9 Å².